The van der Waals surface area contributed by atoms with Crippen molar-refractivity contribution >= 4 is 22.8 Å². The number of hydrogen-bond donors (Lipinski definition) is 2. The highest BCUT2D eigenvalue weighted by molar-refractivity contribution is 6.00. The van der Waals surface area contributed by atoms with Crippen molar-refractivity contribution in [1.29, 1.82) is 0 Å². The smallest absolute Gasteiger partial charge is 0.228 e. The van der Waals surface area contributed by atoms with E-state index in [2.05, 4.69) is 20.3 Å². The maximum Gasteiger partial charge on any atom is 0.228 e. The van der Waals surface area contributed by atoms with Gasteiger partial charge in [-0.2, -0.15) is 0 Å². The van der Waals surface area contributed by atoms with Crippen molar-refractivity contribution in [3.63, 3.8) is 0 Å². The highest BCUT2D eigenvalue weighted by Gasteiger charge is 2.30. The number of amides is 1. The van der Waals surface area contributed by atoms with Gasteiger partial charge >= 0.3 is 0 Å². The number of aryl methyl sites for hydroxylation is 1. The van der Waals surface area contributed by atoms with Crippen LogP contribution in [0.5, 0.6) is 0 Å². The van der Waals surface area contributed by atoms with E-state index in [0.717, 1.165) is 23.9 Å². The summed E-state index contributed by atoms with van der Waals surface area (Å²) in [6.07, 6.45) is 3.78. The standard InChI is InChI=1S/C11H12N4O/c1-6-13-9-8(4-5-12-9)10(14-6)15-11(16)7-2-3-7/h4-5,7H,2-3H2,1H3,(H2,12,13,14,15,16). The summed E-state index contributed by atoms with van der Waals surface area (Å²) >= 11 is 0. The third-order valence-electron chi connectivity index (χ3n) is 2.72. The molecule has 5 nitrogen and oxygen atoms in total. The predicted molar refractivity (Wildman–Crippen MR) is 60.0 cm³/mol. The molecule has 2 N–H and O–H groups in total. The number of nitrogens with one attached hydrogen (secondary N) is 2. The van der Waals surface area contributed by atoms with Gasteiger partial charge in [-0.25, -0.2) is 9.97 Å². The van der Waals surface area contributed by atoms with Gasteiger partial charge in [-0.15, -0.1) is 0 Å². The summed E-state index contributed by atoms with van der Waals surface area (Å²) in [7, 11) is 0. The topological polar surface area (TPSA) is 70.7 Å². The summed E-state index contributed by atoms with van der Waals surface area (Å²) < 4.78 is 0. The molecule has 1 amide bonds. The number of H-pyrrole nitrogens is 1. The molecule has 0 radical (unpaired) electrons. The molecule has 0 bridgehead atoms. The second kappa shape index (κ2) is 3.30. The van der Waals surface area contributed by atoms with Gasteiger partial charge in [-0.1, -0.05) is 0 Å². The first kappa shape index (κ1) is 9.33. The summed E-state index contributed by atoms with van der Waals surface area (Å²) in [4.78, 5) is 23.2. The van der Waals surface area contributed by atoms with Crippen LogP contribution in [0.1, 0.15) is 18.7 Å². The Kier molecular flexibility index (Phi) is 1.92. The van der Waals surface area contributed by atoms with E-state index in [1.165, 1.54) is 0 Å². The van der Waals surface area contributed by atoms with E-state index in [1.54, 1.807) is 6.20 Å². The maximum absolute atomic E-state index is 11.7. The van der Waals surface area contributed by atoms with E-state index in [9.17, 15) is 4.79 Å². The second-order valence-corrected chi connectivity index (χ2v) is 4.12. The monoisotopic (exact) mass is 216 g/mol. The van der Waals surface area contributed by atoms with Crippen molar-refractivity contribution in [2.45, 2.75) is 19.8 Å². The Labute approximate surface area is 92.3 Å². The van der Waals surface area contributed by atoms with Crippen LogP contribution in [0.4, 0.5) is 5.82 Å². The van der Waals surface area contributed by atoms with Gasteiger partial charge in [0.1, 0.15) is 17.3 Å². The minimum Gasteiger partial charge on any atom is -0.346 e. The first-order chi connectivity index (χ1) is 7.74. The number of anilines is 1. The molecular weight excluding hydrogens is 204 g/mol. The molecule has 1 aliphatic carbocycles. The Morgan fingerprint density at radius 1 is 1.50 bits per heavy atom. The fraction of sp³-hybridized carbons (Fsp3) is 0.364. The minimum atomic E-state index is 0.0700. The van der Waals surface area contributed by atoms with Gasteiger partial charge < -0.3 is 10.3 Å². The Morgan fingerprint density at radius 3 is 3.06 bits per heavy atom. The fourth-order valence-corrected chi connectivity index (χ4v) is 1.71. The van der Waals surface area contributed by atoms with Crippen LogP contribution < -0.4 is 5.32 Å². The summed E-state index contributed by atoms with van der Waals surface area (Å²) in [5.41, 5.74) is 0.763. The third-order valence-corrected chi connectivity index (χ3v) is 2.72. The Bertz CT molecular complexity index is 556. The molecule has 5 heteroatoms. The molecule has 0 saturated heterocycles. The van der Waals surface area contributed by atoms with Gasteiger partial charge in [0.2, 0.25) is 5.91 Å². The SMILES string of the molecule is Cc1nc(NC(=O)C2CC2)c2cc[nH]c2n1. The van der Waals surface area contributed by atoms with Crippen molar-refractivity contribution in [2.24, 2.45) is 5.92 Å². The first-order valence-electron chi connectivity index (χ1n) is 5.36. The summed E-state index contributed by atoms with van der Waals surface area (Å²) in [5.74, 6) is 1.52. The third kappa shape index (κ3) is 1.54. The van der Waals surface area contributed by atoms with Gasteiger partial charge in [0, 0.05) is 12.1 Å². The molecule has 0 spiro atoms. The van der Waals surface area contributed by atoms with Crippen molar-refractivity contribution in [3.8, 4) is 0 Å². The molecule has 0 aliphatic heterocycles. The number of aromatic nitrogens is 3. The maximum atomic E-state index is 11.7. The van der Waals surface area contributed by atoms with E-state index in [4.69, 9.17) is 0 Å². The highest BCUT2D eigenvalue weighted by atomic mass is 16.2. The number of fused-ring (bicyclic) bond motifs is 1. The molecular formula is C11H12N4O. The molecule has 82 valence electrons. The zero-order valence-electron chi connectivity index (χ0n) is 8.95. The van der Waals surface area contributed by atoms with Crippen LogP contribution in [-0.4, -0.2) is 20.9 Å². The Hall–Kier alpha value is -1.91. The minimum absolute atomic E-state index is 0.0700. The van der Waals surface area contributed by atoms with Gasteiger partial charge in [0.05, 0.1) is 5.39 Å². The lowest BCUT2D eigenvalue weighted by molar-refractivity contribution is -0.117. The normalized spacial score (nSPS) is 15.3. The van der Waals surface area contributed by atoms with E-state index in [1.807, 2.05) is 13.0 Å². The molecule has 1 fully saturated rings. The highest BCUT2D eigenvalue weighted by Crippen LogP contribution is 2.30. The molecule has 3 rings (SSSR count). The van der Waals surface area contributed by atoms with Gasteiger partial charge in [0.25, 0.3) is 0 Å². The molecule has 2 aromatic heterocycles. The number of nitrogens with zero attached hydrogens (tertiary/aromatic N) is 2. The summed E-state index contributed by atoms with van der Waals surface area (Å²) in [6, 6.07) is 1.87. The van der Waals surface area contributed by atoms with Gasteiger partial charge in [-0.05, 0) is 25.8 Å². The molecule has 2 heterocycles. The summed E-state index contributed by atoms with van der Waals surface area (Å²) in [6.45, 7) is 1.81. The lowest BCUT2D eigenvalue weighted by atomic mass is 10.3. The van der Waals surface area contributed by atoms with E-state index < -0.39 is 0 Å². The van der Waals surface area contributed by atoms with Crippen molar-refractivity contribution in [2.75, 3.05) is 5.32 Å². The quantitative estimate of drug-likeness (QED) is 0.801. The molecule has 1 aliphatic rings. The number of rotatable bonds is 2. The van der Waals surface area contributed by atoms with Crippen LogP contribution in [0.25, 0.3) is 11.0 Å². The van der Waals surface area contributed by atoms with Gasteiger partial charge in [-0.3, -0.25) is 4.79 Å². The van der Waals surface area contributed by atoms with Crippen LogP contribution in [0.15, 0.2) is 12.3 Å². The largest absolute Gasteiger partial charge is 0.346 e. The number of aromatic amines is 1. The average Bonchev–Trinajstić information content (AvgIpc) is 2.98. The van der Waals surface area contributed by atoms with Crippen LogP contribution in [0.3, 0.4) is 0 Å². The van der Waals surface area contributed by atoms with Crippen LogP contribution in [-0.2, 0) is 4.79 Å². The number of carbonyl (C=O) groups is 1. The molecule has 16 heavy (non-hydrogen) atoms. The lowest BCUT2D eigenvalue weighted by Gasteiger charge is -2.05. The number of hydrogen-bond acceptors (Lipinski definition) is 3. The fourth-order valence-electron chi connectivity index (χ4n) is 1.71. The van der Waals surface area contributed by atoms with Crippen molar-refractivity contribution < 1.29 is 4.79 Å². The zero-order valence-corrected chi connectivity index (χ0v) is 8.95. The molecule has 0 unspecified atom stereocenters. The summed E-state index contributed by atoms with van der Waals surface area (Å²) in [5, 5.41) is 3.72. The molecule has 2 aromatic rings. The predicted octanol–water partition coefficient (Wildman–Crippen LogP) is 1.61. The van der Waals surface area contributed by atoms with E-state index >= 15 is 0 Å². The molecule has 1 saturated carbocycles. The first-order valence-corrected chi connectivity index (χ1v) is 5.36. The van der Waals surface area contributed by atoms with Crippen molar-refractivity contribution in [3.05, 3.63) is 18.1 Å². The van der Waals surface area contributed by atoms with Crippen LogP contribution in [0.2, 0.25) is 0 Å². The second-order valence-electron chi connectivity index (χ2n) is 4.12. The van der Waals surface area contributed by atoms with Gasteiger partial charge in [0.15, 0.2) is 0 Å². The Morgan fingerprint density at radius 2 is 2.31 bits per heavy atom. The van der Waals surface area contributed by atoms with Crippen LogP contribution >= 0.6 is 0 Å². The average molecular weight is 216 g/mol. The number of carbonyl (C=O) groups excluding carboxylic acids is 1. The van der Waals surface area contributed by atoms with Crippen LogP contribution in [0, 0.1) is 12.8 Å². The zero-order chi connectivity index (χ0) is 11.1. The van der Waals surface area contributed by atoms with Crippen molar-refractivity contribution in [1.82, 2.24) is 15.0 Å². The Balaban J connectivity index is 2.00. The van der Waals surface area contributed by atoms with E-state index in [0.29, 0.717) is 11.6 Å². The lowest BCUT2D eigenvalue weighted by Crippen LogP contribution is -2.15. The molecule has 0 aromatic carbocycles. The molecule has 0 atom stereocenters. The van der Waals surface area contributed by atoms with E-state index in [-0.39, 0.29) is 11.8 Å².